The molecule has 0 radical (unpaired) electrons. The summed E-state index contributed by atoms with van der Waals surface area (Å²) >= 11 is 0. The summed E-state index contributed by atoms with van der Waals surface area (Å²) in [6.07, 6.45) is 2.07. The Kier molecular flexibility index (Phi) is 3.99. The minimum atomic E-state index is -0.876. The van der Waals surface area contributed by atoms with Crippen LogP contribution in [-0.4, -0.2) is 34.6 Å². The molecule has 2 atom stereocenters. The van der Waals surface area contributed by atoms with Gasteiger partial charge in [-0.3, -0.25) is 4.90 Å². The maximum Gasteiger partial charge on any atom is 0.335 e. The molecule has 0 saturated carbocycles. The molecule has 1 aromatic carbocycles. The Hall–Kier alpha value is -1.39. The number of aromatic carboxylic acids is 1. The van der Waals surface area contributed by atoms with Crippen LogP contribution in [0.1, 0.15) is 35.7 Å². The highest BCUT2D eigenvalue weighted by Gasteiger charge is 2.22. The van der Waals surface area contributed by atoms with Gasteiger partial charge >= 0.3 is 5.97 Å². The standard InChI is InChI=1S/C14H20N2O2/c1-10-8-13(15)6-7-16(10)9-11-2-4-12(5-3-11)14(17)18/h2-5,10,13H,6-9,15H2,1H3,(H,17,18). The third kappa shape index (κ3) is 3.09. The second kappa shape index (κ2) is 5.50. The van der Waals surface area contributed by atoms with E-state index in [1.54, 1.807) is 12.1 Å². The second-order valence-electron chi connectivity index (χ2n) is 5.11. The van der Waals surface area contributed by atoms with Crippen molar-refractivity contribution in [2.24, 2.45) is 5.73 Å². The molecule has 4 heteroatoms. The van der Waals surface area contributed by atoms with Crippen molar-refractivity contribution in [3.05, 3.63) is 35.4 Å². The lowest BCUT2D eigenvalue weighted by atomic mass is 9.98. The fraction of sp³-hybridized carbons (Fsp3) is 0.500. The van der Waals surface area contributed by atoms with E-state index in [0.29, 0.717) is 17.6 Å². The first-order valence-electron chi connectivity index (χ1n) is 6.38. The van der Waals surface area contributed by atoms with Crippen LogP contribution in [0.5, 0.6) is 0 Å². The molecule has 98 valence electrons. The predicted molar refractivity (Wildman–Crippen MR) is 70.5 cm³/mol. The first kappa shape index (κ1) is 13.1. The highest BCUT2D eigenvalue weighted by Crippen LogP contribution is 2.18. The Balaban J connectivity index is 1.99. The van der Waals surface area contributed by atoms with Gasteiger partial charge < -0.3 is 10.8 Å². The molecule has 0 aromatic heterocycles. The number of benzene rings is 1. The van der Waals surface area contributed by atoms with Gasteiger partial charge in [0.25, 0.3) is 0 Å². The van der Waals surface area contributed by atoms with E-state index in [1.165, 1.54) is 0 Å². The summed E-state index contributed by atoms with van der Waals surface area (Å²) < 4.78 is 0. The van der Waals surface area contributed by atoms with Crippen molar-refractivity contribution in [2.75, 3.05) is 6.54 Å². The number of carboxylic acid groups (broad SMARTS) is 1. The maximum atomic E-state index is 10.8. The number of likely N-dealkylation sites (tertiary alicyclic amines) is 1. The van der Waals surface area contributed by atoms with Gasteiger partial charge in [-0.05, 0) is 37.5 Å². The van der Waals surface area contributed by atoms with Gasteiger partial charge in [0.2, 0.25) is 0 Å². The summed E-state index contributed by atoms with van der Waals surface area (Å²) in [5.74, 6) is -0.876. The molecule has 0 spiro atoms. The molecular formula is C14H20N2O2. The third-order valence-corrected chi connectivity index (χ3v) is 3.64. The quantitative estimate of drug-likeness (QED) is 0.854. The monoisotopic (exact) mass is 248 g/mol. The number of rotatable bonds is 3. The van der Waals surface area contributed by atoms with Crippen molar-refractivity contribution in [1.29, 1.82) is 0 Å². The topological polar surface area (TPSA) is 66.6 Å². The van der Waals surface area contributed by atoms with E-state index in [9.17, 15) is 4.79 Å². The van der Waals surface area contributed by atoms with E-state index in [0.717, 1.165) is 31.5 Å². The zero-order chi connectivity index (χ0) is 13.1. The fourth-order valence-electron chi connectivity index (χ4n) is 2.48. The average molecular weight is 248 g/mol. The molecular weight excluding hydrogens is 228 g/mol. The van der Waals surface area contributed by atoms with E-state index in [-0.39, 0.29) is 0 Å². The van der Waals surface area contributed by atoms with E-state index < -0.39 is 5.97 Å². The summed E-state index contributed by atoms with van der Waals surface area (Å²) in [6.45, 7) is 4.08. The fourth-order valence-corrected chi connectivity index (χ4v) is 2.48. The lowest BCUT2D eigenvalue weighted by molar-refractivity contribution is 0.0697. The first-order valence-corrected chi connectivity index (χ1v) is 6.38. The van der Waals surface area contributed by atoms with Crippen LogP contribution in [0.15, 0.2) is 24.3 Å². The summed E-state index contributed by atoms with van der Waals surface area (Å²) in [7, 11) is 0. The third-order valence-electron chi connectivity index (χ3n) is 3.64. The number of carbonyl (C=O) groups is 1. The second-order valence-corrected chi connectivity index (χ2v) is 5.11. The molecule has 1 aliphatic rings. The summed E-state index contributed by atoms with van der Waals surface area (Å²) in [6, 6.07) is 7.93. The maximum absolute atomic E-state index is 10.8. The van der Waals surface area contributed by atoms with Crippen LogP contribution in [0.2, 0.25) is 0 Å². The van der Waals surface area contributed by atoms with Gasteiger partial charge in [-0.2, -0.15) is 0 Å². The molecule has 1 aromatic rings. The molecule has 3 N–H and O–H groups in total. The van der Waals surface area contributed by atoms with Gasteiger partial charge in [0.15, 0.2) is 0 Å². The highest BCUT2D eigenvalue weighted by atomic mass is 16.4. The number of piperidine rings is 1. The molecule has 0 aliphatic carbocycles. The van der Waals surface area contributed by atoms with Crippen molar-refractivity contribution < 1.29 is 9.90 Å². The number of nitrogens with zero attached hydrogens (tertiary/aromatic N) is 1. The summed E-state index contributed by atoms with van der Waals surface area (Å²) in [5, 5.41) is 8.84. The predicted octanol–water partition coefficient (Wildman–Crippen LogP) is 1.70. The molecule has 1 fully saturated rings. The first-order chi connectivity index (χ1) is 8.56. The molecule has 0 bridgehead atoms. The number of hydrogen-bond donors (Lipinski definition) is 2. The van der Waals surface area contributed by atoms with Gasteiger partial charge in [0.05, 0.1) is 5.56 Å². The van der Waals surface area contributed by atoms with Gasteiger partial charge in [-0.25, -0.2) is 4.79 Å². The van der Waals surface area contributed by atoms with Crippen LogP contribution in [-0.2, 0) is 6.54 Å². The minimum absolute atomic E-state index is 0.325. The lowest BCUT2D eigenvalue weighted by Crippen LogP contribution is -2.44. The van der Waals surface area contributed by atoms with Crippen molar-refractivity contribution in [3.63, 3.8) is 0 Å². The van der Waals surface area contributed by atoms with Crippen LogP contribution in [0.3, 0.4) is 0 Å². The van der Waals surface area contributed by atoms with E-state index in [4.69, 9.17) is 10.8 Å². The van der Waals surface area contributed by atoms with Crippen molar-refractivity contribution >= 4 is 5.97 Å². The molecule has 4 nitrogen and oxygen atoms in total. The minimum Gasteiger partial charge on any atom is -0.478 e. The van der Waals surface area contributed by atoms with Gasteiger partial charge in [-0.1, -0.05) is 12.1 Å². The molecule has 1 saturated heterocycles. The van der Waals surface area contributed by atoms with Gasteiger partial charge in [0, 0.05) is 25.2 Å². The van der Waals surface area contributed by atoms with Crippen LogP contribution in [0.4, 0.5) is 0 Å². The molecule has 18 heavy (non-hydrogen) atoms. The van der Waals surface area contributed by atoms with E-state index >= 15 is 0 Å². The number of hydrogen-bond acceptors (Lipinski definition) is 3. The Labute approximate surface area is 107 Å². The van der Waals surface area contributed by atoms with Gasteiger partial charge in [-0.15, -0.1) is 0 Å². The average Bonchev–Trinajstić information content (AvgIpc) is 2.33. The molecule has 2 rings (SSSR count). The van der Waals surface area contributed by atoms with Crippen LogP contribution in [0, 0.1) is 0 Å². The molecule has 0 amide bonds. The van der Waals surface area contributed by atoms with E-state index in [1.807, 2.05) is 12.1 Å². The SMILES string of the molecule is CC1CC(N)CCN1Cc1ccc(C(=O)O)cc1. The zero-order valence-corrected chi connectivity index (χ0v) is 10.7. The van der Waals surface area contributed by atoms with Gasteiger partial charge in [0.1, 0.15) is 0 Å². The molecule has 2 unspecified atom stereocenters. The van der Waals surface area contributed by atoms with Crippen LogP contribution >= 0.6 is 0 Å². The lowest BCUT2D eigenvalue weighted by Gasteiger charge is -2.36. The van der Waals surface area contributed by atoms with Crippen molar-refractivity contribution in [1.82, 2.24) is 4.90 Å². The number of nitrogens with two attached hydrogens (primary N) is 1. The van der Waals surface area contributed by atoms with Crippen molar-refractivity contribution in [3.8, 4) is 0 Å². The van der Waals surface area contributed by atoms with Crippen LogP contribution in [0.25, 0.3) is 0 Å². The normalized spacial score (nSPS) is 25.0. The number of carboxylic acids is 1. The Morgan fingerprint density at radius 1 is 1.44 bits per heavy atom. The Morgan fingerprint density at radius 2 is 2.11 bits per heavy atom. The Morgan fingerprint density at radius 3 is 2.67 bits per heavy atom. The summed E-state index contributed by atoms with van der Waals surface area (Å²) in [4.78, 5) is 13.2. The van der Waals surface area contributed by atoms with E-state index in [2.05, 4.69) is 11.8 Å². The van der Waals surface area contributed by atoms with Crippen LogP contribution < -0.4 is 5.73 Å². The Bertz CT molecular complexity index is 416. The zero-order valence-electron chi connectivity index (χ0n) is 10.7. The summed E-state index contributed by atoms with van der Waals surface area (Å²) in [5.41, 5.74) is 7.44. The molecule has 1 heterocycles. The molecule has 1 aliphatic heterocycles. The highest BCUT2D eigenvalue weighted by molar-refractivity contribution is 5.87. The largest absolute Gasteiger partial charge is 0.478 e. The smallest absolute Gasteiger partial charge is 0.335 e. The van der Waals surface area contributed by atoms with Crippen molar-refractivity contribution in [2.45, 2.75) is 38.4 Å².